The van der Waals surface area contributed by atoms with Gasteiger partial charge in [-0.1, -0.05) is 19.1 Å². The molecule has 4 heteroatoms. The first-order chi connectivity index (χ1) is 10.0. The second-order valence-corrected chi connectivity index (χ2v) is 5.59. The molecule has 0 saturated carbocycles. The molecular formula is C17H28N2O2. The number of benzene rings is 1. The predicted molar refractivity (Wildman–Crippen MR) is 87.9 cm³/mol. The summed E-state index contributed by atoms with van der Waals surface area (Å²) in [5.74, 6) is 0.0603. The third-order valence-corrected chi connectivity index (χ3v) is 3.52. The molecule has 1 aromatic carbocycles. The van der Waals surface area contributed by atoms with Crippen molar-refractivity contribution in [2.24, 2.45) is 0 Å². The Morgan fingerprint density at radius 1 is 1.29 bits per heavy atom. The average Bonchev–Trinajstić information content (AvgIpc) is 2.47. The number of carbonyl (C=O) groups is 1. The molecule has 4 nitrogen and oxygen atoms in total. The van der Waals surface area contributed by atoms with Crippen LogP contribution in [0.2, 0.25) is 0 Å². The van der Waals surface area contributed by atoms with Gasteiger partial charge in [0.25, 0.3) is 5.91 Å². The fourth-order valence-electron chi connectivity index (χ4n) is 2.19. The summed E-state index contributed by atoms with van der Waals surface area (Å²) in [7, 11) is 1.66. The van der Waals surface area contributed by atoms with E-state index in [1.807, 2.05) is 29.2 Å². The van der Waals surface area contributed by atoms with E-state index in [9.17, 15) is 4.79 Å². The Hall–Kier alpha value is -1.55. The van der Waals surface area contributed by atoms with E-state index < -0.39 is 0 Å². The molecule has 118 valence electrons. The van der Waals surface area contributed by atoms with Gasteiger partial charge >= 0.3 is 0 Å². The monoisotopic (exact) mass is 292 g/mol. The van der Waals surface area contributed by atoms with Crippen molar-refractivity contribution in [3.05, 3.63) is 29.8 Å². The van der Waals surface area contributed by atoms with Crippen molar-refractivity contribution in [3.63, 3.8) is 0 Å². The minimum Gasteiger partial charge on any atom is -0.383 e. The molecule has 0 radical (unpaired) electrons. The quantitative estimate of drug-likeness (QED) is 0.798. The van der Waals surface area contributed by atoms with Gasteiger partial charge in [0, 0.05) is 31.4 Å². The number of nitrogens with zero attached hydrogens (tertiary/aromatic N) is 1. The van der Waals surface area contributed by atoms with Crippen molar-refractivity contribution in [3.8, 4) is 0 Å². The summed E-state index contributed by atoms with van der Waals surface area (Å²) in [6.07, 6.45) is 0.926. The van der Waals surface area contributed by atoms with E-state index in [1.54, 1.807) is 7.11 Å². The van der Waals surface area contributed by atoms with Crippen LogP contribution in [-0.4, -0.2) is 43.2 Å². The summed E-state index contributed by atoms with van der Waals surface area (Å²) >= 11 is 0. The lowest BCUT2D eigenvalue weighted by Gasteiger charge is -2.29. The lowest BCUT2D eigenvalue weighted by molar-refractivity contribution is 0.0615. The SMILES string of the molecule is CCC(C)N(CCOC)C(=O)c1ccccc1NC(C)C. The molecule has 0 fully saturated rings. The Kier molecular flexibility index (Phi) is 7.23. The van der Waals surface area contributed by atoms with Gasteiger partial charge in [-0.2, -0.15) is 0 Å². The number of amides is 1. The fraction of sp³-hybridized carbons (Fsp3) is 0.588. The predicted octanol–water partition coefficient (Wildman–Crippen LogP) is 3.39. The maximum atomic E-state index is 12.9. The van der Waals surface area contributed by atoms with E-state index in [0.717, 1.165) is 17.7 Å². The largest absolute Gasteiger partial charge is 0.383 e. The molecule has 0 aliphatic heterocycles. The molecule has 0 bridgehead atoms. The standard InChI is InChI=1S/C17H28N2O2/c1-6-14(4)19(11-12-21-5)17(20)15-9-7-8-10-16(15)18-13(2)3/h7-10,13-14,18H,6,11-12H2,1-5H3. The summed E-state index contributed by atoms with van der Waals surface area (Å²) in [4.78, 5) is 14.8. The topological polar surface area (TPSA) is 41.6 Å². The van der Waals surface area contributed by atoms with Crippen molar-refractivity contribution < 1.29 is 9.53 Å². The van der Waals surface area contributed by atoms with E-state index in [4.69, 9.17) is 4.74 Å². The highest BCUT2D eigenvalue weighted by molar-refractivity contribution is 5.99. The second-order valence-electron chi connectivity index (χ2n) is 5.59. The first kappa shape index (κ1) is 17.5. The Balaban J connectivity index is 3.02. The summed E-state index contributed by atoms with van der Waals surface area (Å²) in [5, 5.41) is 3.34. The van der Waals surface area contributed by atoms with Gasteiger partial charge < -0.3 is 15.0 Å². The zero-order chi connectivity index (χ0) is 15.8. The van der Waals surface area contributed by atoms with Gasteiger partial charge in [-0.25, -0.2) is 0 Å². The third kappa shape index (κ3) is 5.05. The number of methoxy groups -OCH3 is 1. The molecule has 0 heterocycles. The van der Waals surface area contributed by atoms with Crippen LogP contribution in [0.25, 0.3) is 0 Å². The molecule has 0 saturated heterocycles. The van der Waals surface area contributed by atoms with Crippen LogP contribution >= 0.6 is 0 Å². The van der Waals surface area contributed by atoms with Crippen LogP contribution in [-0.2, 0) is 4.74 Å². The van der Waals surface area contributed by atoms with E-state index in [2.05, 4.69) is 33.0 Å². The molecular weight excluding hydrogens is 264 g/mol. The van der Waals surface area contributed by atoms with Gasteiger partial charge in [-0.15, -0.1) is 0 Å². The minimum atomic E-state index is 0.0603. The summed E-state index contributed by atoms with van der Waals surface area (Å²) in [6, 6.07) is 8.18. The van der Waals surface area contributed by atoms with Crippen LogP contribution in [0.15, 0.2) is 24.3 Å². The number of nitrogens with one attached hydrogen (secondary N) is 1. The van der Waals surface area contributed by atoms with E-state index in [-0.39, 0.29) is 18.0 Å². The molecule has 21 heavy (non-hydrogen) atoms. The normalized spacial score (nSPS) is 12.3. The van der Waals surface area contributed by atoms with Crippen LogP contribution in [0.4, 0.5) is 5.69 Å². The van der Waals surface area contributed by atoms with Crippen LogP contribution in [0.1, 0.15) is 44.5 Å². The summed E-state index contributed by atoms with van der Waals surface area (Å²) < 4.78 is 5.14. The molecule has 0 spiro atoms. The van der Waals surface area contributed by atoms with Gasteiger partial charge in [0.05, 0.1) is 12.2 Å². The summed E-state index contributed by atoms with van der Waals surface area (Å²) in [6.45, 7) is 9.47. The van der Waals surface area contributed by atoms with E-state index >= 15 is 0 Å². The lowest BCUT2D eigenvalue weighted by Crippen LogP contribution is -2.40. The molecule has 1 atom stereocenters. The Morgan fingerprint density at radius 2 is 1.95 bits per heavy atom. The van der Waals surface area contributed by atoms with Crippen molar-refractivity contribution in [1.29, 1.82) is 0 Å². The number of hydrogen-bond acceptors (Lipinski definition) is 3. The van der Waals surface area contributed by atoms with Crippen molar-refractivity contribution in [2.45, 2.75) is 46.2 Å². The first-order valence-electron chi connectivity index (χ1n) is 7.66. The van der Waals surface area contributed by atoms with Gasteiger partial charge in [0.15, 0.2) is 0 Å². The number of carbonyl (C=O) groups excluding carboxylic acids is 1. The highest BCUT2D eigenvalue weighted by Gasteiger charge is 2.22. The zero-order valence-corrected chi connectivity index (χ0v) is 13.8. The van der Waals surface area contributed by atoms with Crippen molar-refractivity contribution >= 4 is 11.6 Å². The molecule has 1 N–H and O–H groups in total. The van der Waals surface area contributed by atoms with Gasteiger partial charge in [-0.05, 0) is 39.3 Å². The second kappa shape index (κ2) is 8.67. The fourth-order valence-corrected chi connectivity index (χ4v) is 2.19. The number of anilines is 1. The Labute approximate surface area is 128 Å². The third-order valence-electron chi connectivity index (χ3n) is 3.52. The van der Waals surface area contributed by atoms with Crippen LogP contribution in [0.5, 0.6) is 0 Å². The molecule has 0 aromatic heterocycles. The number of hydrogen-bond donors (Lipinski definition) is 1. The van der Waals surface area contributed by atoms with Gasteiger partial charge in [0.1, 0.15) is 0 Å². The molecule has 1 unspecified atom stereocenters. The lowest BCUT2D eigenvalue weighted by atomic mass is 10.1. The minimum absolute atomic E-state index is 0.0603. The maximum absolute atomic E-state index is 12.9. The van der Waals surface area contributed by atoms with Gasteiger partial charge in [-0.3, -0.25) is 4.79 Å². The van der Waals surface area contributed by atoms with Crippen LogP contribution < -0.4 is 5.32 Å². The number of para-hydroxylation sites is 1. The molecule has 1 aromatic rings. The van der Waals surface area contributed by atoms with Crippen molar-refractivity contribution in [1.82, 2.24) is 4.90 Å². The number of rotatable bonds is 8. The highest BCUT2D eigenvalue weighted by atomic mass is 16.5. The van der Waals surface area contributed by atoms with Crippen LogP contribution in [0.3, 0.4) is 0 Å². The first-order valence-corrected chi connectivity index (χ1v) is 7.66. The number of ether oxygens (including phenoxy) is 1. The molecule has 0 aliphatic carbocycles. The average molecular weight is 292 g/mol. The zero-order valence-electron chi connectivity index (χ0n) is 13.8. The van der Waals surface area contributed by atoms with E-state index in [1.165, 1.54) is 0 Å². The molecule has 0 aliphatic rings. The smallest absolute Gasteiger partial charge is 0.256 e. The Bertz CT molecular complexity index is 446. The van der Waals surface area contributed by atoms with Crippen LogP contribution in [0, 0.1) is 0 Å². The Morgan fingerprint density at radius 3 is 2.52 bits per heavy atom. The van der Waals surface area contributed by atoms with Crippen molar-refractivity contribution in [2.75, 3.05) is 25.6 Å². The highest BCUT2D eigenvalue weighted by Crippen LogP contribution is 2.20. The maximum Gasteiger partial charge on any atom is 0.256 e. The van der Waals surface area contributed by atoms with Gasteiger partial charge in [0.2, 0.25) is 0 Å². The summed E-state index contributed by atoms with van der Waals surface area (Å²) in [5.41, 5.74) is 1.62. The molecule has 1 amide bonds. The molecule has 1 rings (SSSR count). The van der Waals surface area contributed by atoms with E-state index in [0.29, 0.717) is 13.2 Å².